The van der Waals surface area contributed by atoms with Gasteiger partial charge in [0.05, 0.1) is 5.52 Å². The van der Waals surface area contributed by atoms with Crippen molar-refractivity contribution in [3.63, 3.8) is 0 Å². The van der Waals surface area contributed by atoms with E-state index in [1.165, 1.54) is 6.07 Å². The Morgan fingerprint density at radius 3 is 2.85 bits per heavy atom. The molecule has 7 nitrogen and oxygen atoms in total. The van der Waals surface area contributed by atoms with Crippen LogP contribution in [-0.2, 0) is 0 Å². The van der Waals surface area contributed by atoms with E-state index in [1.807, 2.05) is 24.3 Å². The highest BCUT2D eigenvalue weighted by molar-refractivity contribution is 5.91. The van der Waals surface area contributed by atoms with E-state index in [0.717, 1.165) is 10.9 Å². The second-order valence-electron chi connectivity index (χ2n) is 4.27. The molecule has 0 saturated heterocycles. The number of hydrogen-bond acceptors (Lipinski definition) is 5. The summed E-state index contributed by atoms with van der Waals surface area (Å²) >= 11 is 0. The third kappa shape index (κ3) is 1.57. The minimum Gasteiger partial charge on any atom is -0.268 e. The van der Waals surface area contributed by atoms with Crippen molar-refractivity contribution in [2.24, 2.45) is 0 Å². The molecule has 0 aliphatic rings. The number of aromatic nitrogens is 6. The summed E-state index contributed by atoms with van der Waals surface area (Å²) in [7, 11) is 0. The molecule has 0 saturated carbocycles. The molecule has 0 aliphatic carbocycles. The quantitative estimate of drug-likeness (QED) is 0.554. The number of nitrogens with zero attached hydrogens (tertiary/aromatic N) is 5. The average molecular weight is 264 g/mol. The van der Waals surface area contributed by atoms with Gasteiger partial charge < -0.3 is 0 Å². The van der Waals surface area contributed by atoms with E-state index >= 15 is 0 Å². The SMILES string of the molecule is O=c1ccc(-c2nc3c4ccccc4ncn3n2)n[nH]1. The standard InChI is InChI=1S/C13H8N6O/c20-11-6-5-10(16-17-11)12-15-13-8-3-1-2-4-9(8)14-7-19(13)18-12/h1-7H,(H,17,20). The van der Waals surface area contributed by atoms with E-state index in [4.69, 9.17) is 0 Å². The molecule has 1 aromatic carbocycles. The maximum Gasteiger partial charge on any atom is 0.264 e. The number of para-hydroxylation sites is 1. The van der Waals surface area contributed by atoms with Crippen LogP contribution in [0.4, 0.5) is 0 Å². The van der Waals surface area contributed by atoms with Gasteiger partial charge in [0, 0.05) is 11.5 Å². The molecule has 0 bridgehead atoms. The third-order valence-electron chi connectivity index (χ3n) is 2.99. The number of fused-ring (bicyclic) bond motifs is 3. The van der Waals surface area contributed by atoms with Crippen LogP contribution >= 0.6 is 0 Å². The van der Waals surface area contributed by atoms with Gasteiger partial charge in [0.1, 0.15) is 12.0 Å². The summed E-state index contributed by atoms with van der Waals surface area (Å²) < 4.78 is 1.60. The molecule has 0 unspecified atom stereocenters. The van der Waals surface area contributed by atoms with Crippen molar-refractivity contribution in [3.8, 4) is 11.5 Å². The number of hydrogen-bond donors (Lipinski definition) is 1. The first kappa shape index (κ1) is 10.8. The number of aromatic amines is 1. The molecule has 3 aromatic heterocycles. The first-order valence-corrected chi connectivity index (χ1v) is 5.97. The first-order chi connectivity index (χ1) is 9.81. The highest BCUT2D eigenvalue weighted by Gasteiger charge is 2.10. The van der Waals surface area contributed by atoms with Crippen LogP contribution in [0.25, 0.3) is 28.1 Å². The second-order valence-corrected chi connectivity index (χ2v) is 4.27. The predicted molar refractivity (Wildman–Crippen MR) is 72.1 cm³/mol. The lowest BCUT2D eigenvalue weighted by atomic mass is 10.2. The molecule has 0 spiro atoms. The van der Waals surface area contributed by atoms with Gasteiger partial charge in [-0.15, -0.1) is 5.10 Å². The van der Waals surface area contributed by atoms with Crippen molar-refractivity contribution in [3.05, 3.63) is 53.1 Å². The van der Waals surface area contributed by atoms with Gasteiger partial charge >= 0.3 is 0 Å². The largest absolute Gasteiger partial charge is 0.268 e. The van der Waals surface area contributed by atoms with Crippen LogP contribution in [0, 0.1) is 0 Å². The van der Waals surface area contributed by atoms with Gasteiger partial charge in [-0.05, 0) is 18.2 Å². The van der Waals surface area contributed by atoms with Crippen molar-refractivity contribution in [2.75, 3.05) is 0 Å². The molecule has 96 valence electrons. The topological polar surface area (TPSA) is 88.8 Å². The number of nitrogens with one attached hydrogen (secondary N) is 1. The van der Waals surface area contributed by atoms with Gasteiger partial charge in [-0.1, -0.05) is 12.1 Å². The Balaban J connectivity index is 2.01. The molecule has 0 amide bonds. The molecular formula is C13H8N6O. The maximum atomic E-state index is 11.0. The van der Waals surface area contributed by atoms with E-state index in [9.17, 15) is 4.79 Å². The summed E-state index contributed by atoms with van der Waals surface area (Å²) in [6.07, 6.45) is 1.61. The molecule has 4 aromatic rings. The van der Waals surface area contributed by atoms with E-state index < -0.39 is 0 Å². The van der Waals surface area contributed by atoms with Crippen LogP contribution in [0.5, 0.6) is 0 Å². The van der Waals surface area contributed by atoms with Crippen LogP contribution in [0.15, 0.2) is 47.5 Å². The molecule has 3 heterocycles. The molecular weight excluding hydrogens is 256 g/mol. The van der Waals surface area contributed by atoms with Crippen molar-refractivity contribution in [1.82, 2.24) is 29.8 Å². The molecule has 0 radical (unpaired) electrons. The fourth-order valence-corrected chi connectivity index (χ4v) is 2.06. The number of H-pyrrole nitrogens is 1. The Kier molecular flexibility index (Phi) is 2.13. The molecule has 20 heavy (non-hydrogen) atoms. The van der Waals surface area contributed by atoms with Gasteiger partial charge in [-0.25, -0.2) is 19.6 Å². The summed E-state index contributed by atoms with van der Waals surface area (Å²) in [6, 6.07) is 10.7. The van der Waals surface area contributed by atoms with Crippen LogP contribution in [-0.4, -0.2) is 29.8 Å². The molecule has 0 aliphatic heterocycles. The average Bonchev–Trinajstić information content (AvgIpc) is 2.92. The predicted octanol–water partition coefficient (Wildman–Crippen LogP) is 1.03. The minimum atomic E-state index is -0.260. The zero-order chi connectivity index (χ0) is 13.5. The van der Waals surface area contributed by atoms with Gasteiger partial charge in [0.2, 0.25) is 5.82 Å². The Morgan fingerprint density at radius 2 is 2.00 bits per heavy atom. The summed E-state index contributed by atoms with van der Waals surface area (Å²) in [5.41, 5.74) is 1.81. The van der Waals surface area contributed by atoms with Gasteiger partial charge in [0.25, 0.3) is 5.56 Å². The Morgan fingerprint density at radius 1 is 1.10 bits per heavy atom. The summed E-state index contributed by atoms with van der Waals surface area (Å²) in [4.78, 5) is 19.8. The zero-order valence-electron chi connectivity index (χ0n) is 10.2. The van der Waals surface area contributed by atoms with E-state index in [0.29, 0.717) is 17.2 Å². The Bertz CT molecular complexity index is 966. The van der Waals surface area contributed by atoms with Crippen molar-refractivity contribution < 1.29 is 0 Å². The highest BCUT2D eigenvalue weighted by Crippen LogP contribution is 2.18. The first-order valence-electron chi connectivity index (χ1n) is 5.97. The van der Waals surface area contributed by atoms with Gasteiger partial charge in [-0.2, -0.15) is 5.10 Å². The Hall–Kier alpha value is -3.09. The van der Waals surface area contributed by atoms with E-state index in [-0.39, 0.29) is 5.56 Å². The van der Waals surface area contributed by atoms with Crippen LogP contribution in [0.3, 0.4) is 0 Å². The number of benzene rings is 1. The zero-order valence-corrected chi connectivity index (χ0v) is 10.2. The van der Waals surface area contributed by atoms with Crippen molar-refractivity contribution >= 4 is 16.6 Å². The lowest BCUT2D eigenvalue weighted by Gasteiger charge is -1.96. The van der Waals surface area contributed by atoms with Gasteiger partial charge in [0.15, 0.2) is 5.65 Å². The Labute approximate surface area is 111 Å². The van der Waals surface area contributed by atoms with E-state index in [1.54, 1.807) is 16.9 Å². The molecule has 7 heteroatoms. The normalized spacial score (nSPS) is 11.2. The second kappa shape index (κ2) is 3.95. The fourth-order valence-electron chi connectivity index (χ4n) is 2.06. The summed E-state index contributed by atoms with van der Waals surface area (Å²) in [5, 5.41) is 11.5. The highest BCUT2D eigenvalue weighted by atomic mass is 16.1. The van der Waals surface area contributed by atoms with E-state index in [2.05, 4.69) is 25.3 Å². The molecule has 0 fully saturated rings. The van der Waals surface area contributed by atoms with Crippen LogP contribution in [0.2, 0.25) is 0 Å². The monoisotopic (exact) mass is 264 g/mol. The smallest absolute Gasteiger partial charge is 0.264 e. The molecule has 1 N–H and O–H groups in total. The van der Waals surface area contributed by atoms with Crippen molar-refractivity contribution in [1.29, 1.82) is 0 Å². The fraction of sp³-hybridized carbons (Fsp3) is 0. The third-order valence-corrected chi connectivity index (χ3v) is 2.99. The summed E-state index contributed by atoms with van der Waals surface area (Å²) in [5.74, 6) is 0.444. The van der Waals surface area contributed by atoms with Gasteiger partial charge in [-0.3, -0.25) is 4.79 Å². The molecule has 0 atom stereocenters. The summed E-state index contributed by atoms with van der Waals surface area (Å²) in [6.45, 7) is 0. The molecule has 4 rings (SSSR count). The lowest BCUT2D eigenvalue weighted by molar-refractivity contribution is 0.923. The van der Waals surface area contributed by atoms with Crippen molar-refractivity contribution in [2.45, 2.75) is 0 Å². The lowest BCUT2D eigenvalue weighted by Crippen LogP contribution is -2.05. The van der Waals surface area contributed by atoms with Crippen LogP contribution < -0.4 is 5.56 Å². The minimum absolute atomic E-state index is 0.260. The number of rotatable bonds is 1. The van der Waals surface area contributed by atoms with Crippen LogP contribution in [0.1, 0.15) is 0 Å². The maximum absolute atomic E-state index is 11.0.